The highest BCUT2D eigenvalue weighted by Gasteiger charge is 2.12. The van der Waals surface area contributed by atoms with Gasteiger partial charge in [-0.3, -0.25) is 9.89 Å². The Morgan fingerprint density at radius 1 is 1.18 bits per heavy atom. The summed E-state index contributed by atoms with van der Waals surface area (Å²) in [6, 6.07) is 13.4. The third kappa shape index (κ3) is 3.09. The molecule has 2 aromatic heterocycles. The molecule has 0 unspecified atom stereocenters. The van der Waals surface area contributed by atoms with Crippen molar-refractivity contribution >= 4 is 5.91 Å². The Labute approximate surface area is 128 Å². The molecule has 0 saturated carbocycles. The number of furan rings is 1. The molecule has 2 N–H and O–H groups in total. The van der Waals surface area contributed by atoms with Gasteiger partial charge in [-0.25, -0.2) is 0 Å². The zero-order valence-corrected chi connectivity index (χ0v) is 12.5. The number of hydrogen-bond donors (Lipinski definition) is 2. The van der Waals surface area contributed by atoms with Gasteiger partial charge >= 0.3 is 0 Å². The maximum absolute atomic E-state index is 12.1. The molecule has 0 bridgehead atoms. The summed E-state index contributed by atoms with van der Waals surface area (Å²) in [5.41, 5.74) is 3.28. The van der Waals surface area contributed by atoms with Crippen molar-refractivity contribution in [2.24, 2.45) is 0 Å². The number of aryl methyl sites for hydroxylation is 2. The van der Waals surface area contributed by atoms with Crippen molar-refractivity contribution < 1.29 is 9.21 Å². The minimum atomic E-state index is -0.216. The number of hydrogen-bond acceptors (Lipinski definition) is 3. The Morgan fingerprint density at radius 2 is 1.95 bits per heavy atom. The second-order valence-electron chi connectivity index (χ2n) is 5.25. The maximum Gasteiger partial charge on any atom is 0.272 e. The Balaban J connectivity index is 1.65. The Bertz CT molecular complexity index is 784. The molecule has 0 aliphatic heterocycles. The molecule has 0 fully saturated rings. The highest BCUT2D eigenvalue weighted by Crippen LogP contribution is 2.20. The van der Waals surface area contributed by atoms with Gasteiger partial charge < -0.3 is 9.73 Å². The highest BCUT2D eigenvalue weighted by atomic mass is 16.3. The minimum Gasteiger partial charge on any atom is -0.460 e. The van der Waals surface area contributed by atoms with E-state index in [0.717, 1.165) is 11.3 Å². The van der Waals surface area contributed by atoms with Crippen LogP contribution >= 0.6 is 0 Å². The first-order chi connectivity index (χ1) is 10.6. The number of rotatable bonds is 4. The number of H-pyrrole nitrogens is 1. The number of amides is 1. The lowest BCUT2D eigenvalue weighted by atomic mass is 10.1. The summed E-state index contributed by atoms with van der Waals surface area (Å²) in [6.45, 7) is 4.38. The van der Waals surface area contributed by atoms with Crippen molar-refractivity contribution in [3.05, 3.63) is 65.0 Å². The molecule has 0 radical (unpaired) electrons. The van der Waals surface area contributed by atoms with Gasteiger partial charge in [0.25, 0.3) is 5.91 Å². The number of aromatic nitrogens is 2. The molecular weight excluding hydrogens is 278 g/mol. The average molecular weight is 295 g/mol. The molecule has 3 aromatic rings. The van der Waals surface area contributed by atoms with E-state index in [9.17, 15) is 4.79 Å². The second kappa shape index (κ2) is 5.89. The van der Waals surface area contributed by atoms with E-state index in [0.29, 0.717) is 23.7 Å². The van der Waals surface area contributed by atoms with Crippen LogP contribution in [0.3, 0.4) is 0 Å². The van der Waals surface area contributed by atoms with Gasteiger partial charge in [0, 0.05) is 12.6 Å². The van der Waals surface area contributed by atoms with Crippen LogP contribution in [0.5, 0.6) is 0 Å². The van der Waals surface area contributed by atoms with Gasteiger partial charge in [-0.1, -0.05) is 29.8 Å². The Kier molecular flexibility index (Phi) is 3.78. The topological polar surface area (TPSA) is 70.9 Å². The number of carbonyl (C=O) groups is 1. The normalized spacial score (nSPS) is 10.6. The summed E-state index contributed by atoms with van der Waals surface area (Å²) in [4.78, 5) is 12.1. The molecular formula is C17H17N3O2. The van der Waals surface area contributed by atoms with E-state index in [2.05, 4.69) is 15.5 Å². The van der Waals surface area contributed by atoms with Crippen LogP contribution in [0.1, 0.15) is 27.4 Å². The first kappa shape index (κ1) is 14.1. The van der Waals surface area contributed by atoms with Crippen molar-refractivity contribution in [3.8, 4) is 11.5 Å². The van der Waals surface area contributed by atoms with Crippen LogP contribution in [-0.4, -0.2) is 16.1 Å². The van der Waals surface area contributed by atoms with Gasteiger partial charge in [-0.2, -0.15) is 5.10 Å². The molecule has 0 atom stereocenters. The standard InChI is InChI=1S/C17H17N3O2/c1-11-3-6-13(7-4-11)10-18-17(21)15-9-14(19-20-15)16-8-5-12(2)22-16/h3-9H,10H2,1-2H3,(H,18,21)(H,19,20). The van der Waals surface area contributed by atoms with E-state index in [4.69, 9.17) is 4.42 Å². The second-order valence-corrected chi connectivity index (χ2v) is 5.25. The third-order valence-electron chi connectivity index (χ3n) is 3.39. The summed E-state index contributed by atoms with van der Waals surface area (Å²) >= 11 is 0. The van der Waals surface area contributed by atoms with Gasteiger partial charge in [-0.15, -0.1) is 0 Å². The van der Waals surface area contributed by atoms with Crippen LogP contribution < -0.4 is 5.32 Å². The molecule has 0 aliphatic carbocycles. The third-order valence-corrected chi connectivity index (χ3v) is 3.39. The molecule has 5 nitrogen and oxygen atoms in total. The first-order valence-electron chi connectivity index (χ1n) is 7.08. The summed E-state index contributed by atoms with van der Waals surface area (Å²) in [5, 5.41) is 9.70. The fraction of sp³-hybridized carbons (Fsp3) is 0.176. The van der Waals surface area contributed by atoms with Gasteiger partial charge in [0.2, 0.25) is 0 Å². The predicted octanol–water partition coefficient (Wildman–Crippen LogP) is 3.22. The number of benzene rings is 1. The lowest BCUT2D eigenvalue weighted by Crippen LogP contribution is -2.23. The molecule has 1 aromatic carbocycles. The molecule has 22 heavy (non-hydrogen) atoms. The number of nitrogens with one attached hydrogen (secondary N) is 2. The predicted molar refractivity (Wildman–Crippen MR) is 83.4 cm³/mol. The van der Waals surface area contributed by atoms with Crippen molar-refractivity contribution in [1.29, 1.82) is 0 Å². The van der Waals surface area contributed by atoms with Gasteiger partial charge in [0.05, 0.1) is 0 Å². The Morgan fingerprint density at radius 3 is 2.64 bits per heavy atom. The van der Waals surface area contributed by atoms with Crippen LogP contribution in [0.25, 0.3) is 11.5 Å². The minimum absolute atomic E-state index is 0.216. The summed E-state index contributed by atoms with van der Waals surface area (Å²) in [6.07, 6.45) is 0. The van der Waals surface area contributed by atoms with Gasteiger partial charge in [0.1, 0.15) is 11.5 Å². The zero-order valence-electron chi connectivity index (χ0n) is 12.5. The summed E-state index contributed by atoms with van der Waals surface area (Å²) < 4.78 is 5.50. The van der Waals surface area contributed by atoms with Crippen LogP contribution in [0, 0.1) is 13.8 Å². The van der Waals surface area contributed by atoms with Crippen LogP contribution in [0.4, 0.5) is 0 Å². The average Bonchev–Trinajstić information content (AvgIpc) is 3.15. The quantitative estimate of drug-likeness (QED) is 0.776. The number of nitrogens with zero attached hydrogens (tertiary/aromatic N) is 1. The van der Waals surface area contributed by atoms with E-state index >= 15 is 0 Å². The van der Waals surface area contributed by atoms with Crippen molar-refractivity contribution in [1.82, 2.24) is 15.5 Å². The van der Waals surface area contributed by atoms with E-state index < -0.39 is 0 Å². The van der Waals surface area contributed by atoms with Crippen molar-refractivity contribution in [3.63, 3.8) is 0 Å². The lowest BCUT2D eigenvalue weighted by Gasteiger charge is -2.03. The van der Waals surface area contributed by atoms with E-state index in [1.54, 1.807) is 6.07 Å². The SMILES string of the molecule is Cc1ccc(CNC(=O)c2cc(-c3ccc(C)o3)[nH]n2)cc1. The molecule has 0 saturated heterocycles. The van der Waals surface area contributed by atoms with Crippen LogP contribution in [0.2, 0.25) is 0 Å². The molecule has 1 amide bonds. The lowest BCUT2D eigenvalue weighted by molar-refractivity contribution is 0.0946. The molecule has 112 valence electrons. The molecule has 3 rings (SSSR count). The van der Waals surface area contributed by atoms with Gasteiger partial charge in [-0.05, 0) is 31.5 Å². The molecule has 0 aliphatic rings. The fourth-order valence-electron chi connectivity index (χ4n) is 2.12. The monoisotopic (exact) mass is 295 g/mol. The Hall–Kier alpha value is -2.82. The summed E-state index contributed by atoms with van der Waals surface area (Å²) in [5.74, 6) is 1.27. The number of aromatic amines is 1. The van der Waals surface area contributed by atoms with E-state index in [1.165, 1.54) is 5.56 Å². The largest absolute Gasteiger partial charge is 0.460 e. The molecule has 0 spiro atoms. The van der Waals surface area contributed by atoms with E-state index in [1.807, 2.05) is 50.2 Å². The van der Waals surface area contributed by atoms with E-state index in [-0.39, 0.29) is 5.91 Å². The fourth-order valence-corrected chi connectivity index (χ4v) is 2.12. The smallest absolute Gasteiger partial charge is 0.272 e. The van der Waals surface area contributed by atoms with Crippen LogP contribution in [0.15, 0.2) is 46.9 Å². The maximum atomic E-state index is 12.1. The highest BCUT2D eigenvalue weighted by molar-refractivity contribution is 5.93. The first-order valence-corrected chi connectivity index (χ1v) is 7.08. The number of carbonyl (C=O) groups excluding carboxylic acids is 1. The molecule has 5 heteroatoms. The van der Waals surface area contributed by atoms with Crippen molar-refractivity contribution in [2.45, 2.75) is 20.4 Å². The van der Waals surface area contributed by atoms with Crippen LogP contribution in [-0.2, 0) is 6.54 Å². The molecule has 2 heterocycles. The van der Waals surface area contributed by atoms with Crippen molar-refractivity contribution in [2.75, 3.05) is 0 Å². The zero-order chi connectivity index (χ0) is 15.5. The summed E-state index contributed by atoms with van der Waals surface area (Å²) in [7, 11) is 0. The van der Waals surface area contributed by atoms with Gasteiger partial charge in [0.15, 0.2) is 11.5 Å².